The second-order valence-electron chi connectivity index (χ2n) is 41.2. The first kappa shape index (κ1) is 141. The average Bonchev–Trinajstić information content (AvgIpc) is 1.85. The Kier molecular flexibility index (Phi) is 93.5. The van der Waals surface area contributed by atoms with Crippen LogP contribution in [0.4, 0.5) is 0 Å². The van der Waals surface area contributed by atoms with Gasteiger partial charge in [-0.25, -0.2) is 10.2 Å². The topological polar surface area (TPSA) is 127 Å². The summed E-state index contributed by atoms with van der Waals surface area (Å²) in [6, 6.07) is 45.5. The molecule has 0 saturated heterocycles. The number of carbonyl (C=O) groups is 1. The minimum atomic E-state index is 0.184. The molecule has 5 aromatic carbocycles. The lowest BCUT2D eigenvalue weighted by Crippen LogP contribution is -2.24. The fraction of sp³-hybridized carbons (Fsp3) is 0.713. The van der Waals surface area contributed by atoms with E-state index in [1.165, 1.54) is 70.2 Å². The number of nitrogens with one attached hydrogen (secondary N) is 2. The Bertz CT molecular complexity index is 3070. The maximum Gasteiger partial charge on any atom is 0.135 e. The van der Waals surface area contributed by atoms with Gasteiger partial charge in [0.15, 0.2) is 0 Å². The van der Waals surface area contributed by atoms with Crippen molar-refractivity contribution in [3.05, 3.63) is 178 Å². The number of benzene rings is 5. The molecule has 0 radical (unpaired) electrons. The lowest BCUT2D eigenvalue weighted by molar-refractivity contribution is -0.122. The first-order valence-corrected chi connectivity index (χ1v) is 58.1. The summed E-state index contributed by atoms with van der Waals surface area (Å²) in [5.74, 6) is 12.2. The third-order valence-corrected chi connectivity index (χ3v) is 27.4. The van der Waals surface area contributed by atoms with Gasteiger partial charge in [-0.2, -0.15) is 58.8 Å². The summed E-state index contributed by atoms with van der Waals surface area (Å²) in [6.45, 7) is 96.2. The van der Waals surface area contributed by atoms with Crippen LogP contribution in [0.15, 0.2) is 128 Å². The first-order chi connectivity index (χ1) is 62.3. The maximum atomic E-state index is 11.5. The summed E-state index contributed by atoms with van der Waals surface area (Å²) < 4.78 is 28.1. The Hall–Kier alpha value is -3.28. The van der Waals surface area contributed by atoms with Crippen molar-refractivity contribution >= 4 is 86.2 Å². The van der Waals surface area contributed by atoms with Gasteiger partial charge in [-0.3, -0.25) is 4.79 Å². The smallest absolute Gasteiger partial charge is 0.135 e. The highest BCUT2D eigenvalue weighted by Crippen LogP contribution is 2.41. The van der Waals surface area contributed by atoms with Crippen LogP contribution in [0.3, 0.4) is 0 Å². The van der Waals surface area contributed by atoms with E-state index in [2.05, 4.69) is 378 Å². The molecule has 0 saturated carbocycles. The highest BCUT2D eigenvalue weighted by atomic mass is 33.1. The van der Waals surface area contributed by atoms with Crippen LogP contribution in [0.1, 0.15) is 386 Å². The van der Waals surface area contributed by atoms with Crippen LogP contribution in [0.5, 0.6) is 11.5 Å². The van der Waals surface area contributed by atoms with Crippen molar-refractivity contribution in [2.45, 2.75) is 463 Å². The summed E-state index contributed by atoms with van der Waals surface area (Å²) in [6.07, 6.45) is 10.1. The van der Waals surface area contributed by atoms with Crippen LogP contribution < -0.4 is 20.3 Å². The Morgan fingerprint density at radius 3 is 0.866 bits per heavy atom. The molecule has 134 heavy (non-hydrogen) atoms. The molecule has 1 heterocycles. The number of hydroxylamine groups is 1. The molecule has 6 rings (SSSR count). The van der Waals surface area contributed by atoms with Gasteiger partial charge in [0.05, 0.1) is 42.8 Å². The molecule has 0 spiro atoms. The molecule has 0 aliphatic carbocycles. The SMILES string of the molecule is CC(C)CCOC(C)C.CC(C)CONC(C)C.CC(C)Cc1ccc(CSC(C)C)cc1.CC(C)Cc1ccc(CSC(C)C)cc1.CC(C)Cc1ccc(CSC(C)C)cc1.CC(C)Oc1ccc(CSC(C)C)cc1.CC(C)Oc1ccc(CSC(C)C)cc1.CC(C)SSC(C)(C)CCC(=O)C(C)C.CC(C)c1cn(C(C)C)nn1.CNC(C)C.COC(C)C.COC(C)C. The van der Waals surface area contributed by atoms with E-state index in [0.717, 1.165) is 111 Å². The predicted molar refractivity (Wildman–Crippen MR) is 618 cm³/mol. The van der Waals surface area contributed by atoms with Gasteiger partial charge in [-0.15, -0.1) is 5.10 Å². The largest absolute Gasteiger partial charge is 0.491 e. The molecule has 0 bridgehead atoms. The monoisotopic (exact) mass is 2000 g/mol. The molecular formula is C115H211N5O7S7. The number of methoxy groups -OCH3 is 2. The van der Waals surface area contributed by atoms with Crippen molar-refractivity contribution in [3.63, 3.8) is 0 Å². The third-order valence-electron chi connectivity index (χ3n) is 17.6. The van der Waals surface area contributed by atoms with Gasteiger partial charge in [-0.1, -0.05) is 318 Å². The second-order valence-corrected chi connectivity index (χ2v) is 52.5. The van der Waals surface area contributed by atoms with Gasteiger partial charge in [-0.05, 0) is 280 Å². The number of thioether (sulfide) groups is 5. The lowest BCUT2D eigenvalue weighted by atomic mass is 9.99. The van der Waals surface area contributed by atoms with Crippen LogP contribution in [0, 0.1) is 35.5 Å². The number of Topliss-reactive ketones (excluding diaryl/α,β-unsaturated/α-hetero) is 1. The molecular weight excluding hydrogens is 1790 g/mol. The van der Waals surface area contributed by atoms with E-state index in [1.54, 1.807) is 14.2 Å². The molecule has 19 heteroatoms. The van der Waals surface area contributed by atoms with Crippen molar-refractivity contribution in [1.29, 1.82) is 0 Å². The number of rotatable bonds is 45. The normalized spacial score (nSPS) is 11.2. The molecule has 0 fully saturated rings. The Morgan fingerprint density at radius 1 is 0.381 bits per heavy atom. The minimum Gasteiger partial charge on any atom is -0.491 e. The van der Waals surface area contributed by atoms with Gasteiger partial charge in [0.2, 0.25) is 0 Å². The fourth-order valence-electron chi connectivity index (χ4n) is 9.63. The van der Waals surface area contributed by atoms with Gasteiger partial charge >= 0.3 is 0 Å². The highest BCUT2D eigenvalue weighted by molar-refractivity contribution is 8.77. The molecule has 0 aliphatic rings. The van der Waals surface area contributed by atoms with Crippen molar-refractivity contribution < 1.29 is 33.3 Å². The number of hydrogen-bond donors (Lipinski definition) is 2. The molecule has 0 atom stereocenters. The number of nitrogens with zero attached hydrogens (tertiary/aromatic N) is 3. The first-order valence-electron chi connectivity index (χ1n) is 50.6. The van der Waals surface area contributed by atoms with E-state index in [4.69, 9.17) is 28.5 Å². The standard InChI is InChI=1S/3C14H22S.2C13H20OS.C12H24OS2.C8H15N3.C8H18O.C7H17NO.C4H11N.2C4H10O/c3*1-11(2)9-13-5-7-14(8-6-13)10-15-12(3)4;2*1-10(2)14-13-7-5-12(6-8-13)9-15-11(3)4;1-9(2)11(13)7-8-12(5,6)15-14-10(3)4;1-6(2)8-5-11(7(3)4)10-9-8;1-7(2)5-6-9-8(3)4;1-6(2)5-9-8-7(3)4;3*1-4(2)5-3/h3*5-8,11-12H,9-10H2,1-4H3;2*5-8,10-11H,9H2,1-4H3;9-10H,7-8H2,1-6H3;5-7H,1-4H3;7-8H,5-6H2,1-4H3;6-8H,5H2,1-4H3;4-5H,1-3H3;2*4H,1-3H3. The quantitative estimate of drug-likeness (QED) is 0.0278. The van der Waals surface area contributed by atoms with Crippen molar-refractivity contribution in [3.8, 4) is 11.5 Å². The molecule has 0 unspecified atom stereocenters. The second kappa shape index (κ2) is 88.6. The summed E-state index contributed by atoms with van der Waals surface area (Å²) in [5, 5.41) is 15.3. The molecule has 1 aromatic heterocycles. The minimum absolute atomic E-state index is 0.184. The number of aromatic nitrogens is 3. The Morgan fingerprint density at radius 2 is 0.672 bits per heavy atom. The van der Waals surface area contributed by atoms with Crippen LogP contribution in [0.25, 0.3) is 0 Å². The van der Waals surface area contributed by atoms with E-state index in [-0.39, 0.29) is 22.9 Å². The fourth-order valence-corrected chi connectivity index (χ4v) is 15.5. The molecule has 6 aromatic rings. The molecule has 12 nitrogen and oxygen atoms in total. The van der Waals surface area contributed by atoms with Crippen LogP contribution in [0.2, 0.25) is 0 Å². The predicted octanol–water partition coefficient (Wildman–Crippen LogP) is 35.1. The van der Waals surface area contributed by atoms with E-state index >= 15 is 0 Å². The maximum absolute atomic E-state index is 11.5. The van der Waals surface area contributed by atoms with E-state index in [9.17, 15) is 4.79 Å². The zero-order valence-electron chi connectivity index (χ0n) is 95.0. The van der Waals surface area contributed by atoms with E-state index in [1.807, 2.05) is 168 Å². The number of ether oxygens (including phenoxy) is 5. The van der Waals surface area contributed by atoms with E-state index in [0.29, 0.717) is 69.8 Å². The Balaban J connectivity index is -0.000000339. The average molecular weight is 2000 g/mol. The van der Waals surface area contributed by atoms with Gasteiger partial charge in [0.1, 0.15) is 17.3 Å². The van der Waals surface area contributed by atoms with E-state index < -0.39 is 0 Å². The van der Waals surface area contributed by atoms with Crippen LogP contribution in [-0.2, 0) is 71.9 Å². The number of carbonyl (C=O) groups excluding carboxylic acids is 1. The third kappa shape index (κ3) is 103. The molecule has 780 valence electrons. The van der Waals surface area contributed by atoms with Crippen molar-refractivity contribution in [1.82, 2.24) is 25.8 Å². The zero-order valence-corrected chi connectivity index (χ0v) is 101. The van der Waals surface area contributed by atoms with Crippen molar-refractivity contribution in [2.75, 3.05) is 34.5 Å². The van der Waals surface area contributed by atoms with Crippen LogP contribution >= 0.6 is 80.4 Å². The Labute approximate surface area is 860 Å². The summed E-state index contributed by atoms with van der Waals surface area (Å²) in [5.41, 5.74) is 15.4. The number of hydrogen-bond acceptors (Lipinski definition) is 18. The number of ketones is 1. The van der Waals surface area contributed by atoms with Crippen LogP contribution in [-0.4, -0.2) is 134 Å². The van der Waals surface area contributed by atoms with Gasteiger partial charge in [0.25, 0.3) is 0 Å². The molecule has 0 amide bonds. The van der Waals surface area contributed by atoms with Crippen molar-refractivity contribution in [2.24, 2.45) is 35.5 Å². The summed E-state index contributed by atoms with van der Waals surface area (Å²) in [4.78, 5) is 16.6. The molecule has 0 aliphatic heterocycles. The molecule has 2 N–H and O–H groups in total. The summed E-state index contributed by atoms with van der Waals surface area (Å²) in [7, 11) is 9.16. The summed E-state index contributed by atoms with van der Waals surface area (Å²) >= 11 is 9.94. The van der Waals surface area contributed by atoms with Gasteiger partial charge < -0.3 is 33.8 Å². The zero-order chi connectivity index (χ0) is 104. The van der Waals surface area contributed by atoms with Gasteiger partial charge in [0, 0.05) is 96.2 Å². The highest BCUT2D eigenvalue weighted by Gasteiger charge is 2.22. The lowest BCUT2D eigenvalue weighted by Gasteiger charge is -2.24.